The molecule has 1 saturated heterocycles. The molecule has 0 spiro atoms. The molecule has 1 aliphatic heterocycles. The minimum absolute atomic E-state index is 0.0480. The Morgan fingerprint density at radius 1 is 1.42 bits per heavy atom. The summed E-state index contributed by atoms with van der Waals surface area (Å²) in [6.07, 6.45) is 2.66. The molecule has 1 aromatic heterocycles. The molecule has 6 nitrogen and oxygen atoms in total. The van der Waals surface area contributed by atoms with Crippen molar-refractivity contribution in [2.45, 2.75) is 24.8 Å². The van der Waals surface area contributed by atoms with Crippen molar-refractivity contribution in [1.82, 2.24) is 19.8 Å². The molecule has 1 unspecified atom stereocenters. The third-order valence-electron chi connectivity index (χ3n) is 5.14. The first-order valence-corrected chi connectivity index (χ1v) is 8.49. The van der Waals surface area contributed by atoms with Gasteiger partial charge in [0.2, 0.25) is 5.91 Å². The number of imidazole rings is 1. The summed E-state index contributed by atoms with van der Waals surface area (Å²) >= 11 is 0. The van der Waals surface area contributed by atoms with E-state index in [9.17, 15) is 4.79 Å². The van der Waals surface area contributed by atoms with E-state index in [2.05, 4.69) is 27.9 Å². The lowest BCUT2D eigenvalue weighted by molar-refractivity contribution is -0.134. The molecule has 0 radical (unpaired) electrons. The Bertz CT molecular complexity index is 727. The van der Waals surface area contributed by atoms with Gasteiger partial charge in [-0.1, -0.05) is 12.1 Å². The number of hydrogen-bond acceptors (Lipinski definition) is 4. The van der Waals surface area contributed by atoms with Crippen molar-refractivity contribution in [2.75, 3.05) is 33.9 Å². The minimum Gasteiger partial charge on any atom is -0.382 e. The second kappa shape index (κ2) is 6.91. The summed E-state index contributed by atoms with van der Waals surface area (Å²) in [5.74, 6) is 1.10. The van der Waals surface area contributed by atoms with E-state index in [4.69, 9.17) is 9.72 Å². The molecule has 2 aromatic rings. The fraction of sp³-hybridized carbons (Fsp3) is 0.556. The van der Waals surface area contributed by atoms with Gasteiger partial charge in [-0.25, -0.2) is 4.98 Å². The number of carbonyl (C=O) groups is 1. The van der Waals surface area contributed by atoms with E-state index < -0.39 is 5.54 Å². The van der Waals surface area contributed by atoms with Crippen LogP contribution in [0.2, 0.25) is 0 Å². The molecule has 24 heavy (non-hydrogen) atoms. The number of fused-ring (bicyclic) bond motifs is 1. The number of nitrogens with zero attached hydrogens (tertiary/aromatic N) is 3. The van der Waals surface area contributed by atoms with Crippen molar-refractivity contribution in [3.05, 3.63) is 30.1 Å². The highest BCUT2D eigenvalue weighted by Gasteiger charge is 2.46. The number of ether oxygens (including phenoxy) is 1. The van der Waals surface area contributed by atoms with E-state index in [1.807, 2.05) is 18.2 Å². The Hall–Kier alpha value is -1.92. The predicted octanol–water partition coefficient (Wildman–Crippen LogP) is 1.34. The SMILES string of the molecule is CNC(=O)C1(COC)CCCN1CCc1nc2ccccc2n1C. The summed E-state index contributed by atoms with van der Waals surface area (Å²) in [6, 6.07) is 8.16. The maximum absolute atomic E-state index is 12.5. The molecule has 2 heterocycles. The highest BCUT2D eigenvalue weighted by atomic mass is 16.5. The summed E-state index contributed by atoms with van der Waals surface area (Å²) in [7, 11) is 5.41. The first kappa shape index (κ1) is 16.9. The van der Waals surface area contributed by atoms with Gasteiger partial charge in [0.15, 0.2) is 0 Å². The van der Waals surface area contributed by atoms with Crippen molar-refractivity contribution in [3.63, 3.8) is 0 Å². The summed E-state index contributed by atoms with van der Waals surface area (Å²) in [4.78, 5) is 19.5. The largest absolute Gasteiger partial charge is 0.382 e. The van der Waals surface area contributed by atoms with E-state index in [0.717, 1.165) is 49.2 Å². The first-order chi connectivity index (χ1) is 11.6. The number of rotatable bonds is 6. The van der Waals surface area contributed by atoms with E-state index in [0.29, 0.717) is 6.61 Å². The molecular weight excluding hydrogens is 304 g/mol. The Labute approximate surface area is 142 Å². The van der Waals surface area contributed by atoms with Crippen LogP contribution in [0.3, 0.4) is 0 Å². The maximum atomic E-state index is 12.5. The molecule has 130 valence electrons. The van der Waals surface area contributed by atoms with Gasteiger partial charge in [0.25, 0.3) is 0 Å². The summed E-state index contributed by atoms with van der Waals surface area (Å²) in [5, 5.41) is 2.81. The van der Waals surface area contributed by atoms with Crippen LogP contribution in [-0.4, -0.2) is 59.8 Å². The molecule has 3 rings (SSSR count). The van der Waals surface area contributed by atoms with E-state index in [1.54, 1.807) is 14.2 Å². The van der Waals surface area contributed by atoms with Crippen LogP contribution in [0.5, 0.6) is 0 Å². The lowest BCUT2D eigenvalue weighted by Crippen LogP contribution is -2.58. The van der Waals surface area contributed by atoms with Crippen LogP contribution in [0.25, 0.3) is 11.0 Å². The summed E-state index contributed by atoms with van der Waals surface area (Å²) < 4.78 is 7.52. The van der Waals surface area contributed by atoms with Gasteiger partial charge in [-0.15, -0.1) is 0 Å². The van der Waals surface area contributed by atoms with Crippen molar-refractivity contribution >= 4 is 16.9 Å². The average molecular weight is 330 g/mol. The first-order valence-electron chi connectivity index (χ1n) is 8.49. The number of likely N-dealkylation sites (N-methyl/N-ethyl adjacent to an activating group) is 1. The van der Waals surface area contributed by atoms with Crippen LogP contribution in [-0.2, 0) is 23.0 Å². The molecule has 1 atom stereocenters. The zero-order valence-corrected chi connectivity index (χ0v) is 14.7. The van der Waals surface area contributed by atoms with Crippen LogP contribution >= 0.6 is 0 Å². The fourth-order valence-electron chi connectivity index (χ4n) is 3.87. The molecule has 1 N–H and O–H groups in total. The van der Waals surface area contributed by atoms with Gasteiger partial charge < -0.3 is 14.6 Å². The van der Waals surface area contributed by atoms with E-state index in [1.165, 1.54) is 0 Å². The highest BCUT2D eigenvalue weighted by Crippen LogP contribution is 2.30. The molecule has 1 fully saturated rings. The number of amides is 1. The molecule has 0 saturated carbocycles. The number of nitrogens with one attached hydrogen (secondary N) is 1. The third-order valence-corrected chi connectivity index (χ3v) is 5.14. The minimum atomic E-state index is -0.548. The number of para-hydroxylation sites is 2. The number of likely N-dealkylation sites (tertiary alicyclic amines) is 1. The van der Waals surface area contributed by atoms with Gasteiger partial charge >= 0.3 is 0 Å². The standard InChI is InChI=1S/C18H26N4O2/c1-19-17(23)18(13-24-3)10-6-11-22(18)12-9-16-20-14-7-4-5-8-15(14)21(16)2/h4-5,7-8H,6,9-13H2,1-3H3,(H,19,23). The number of aryl methyl sites for hydroxylation is 1. The molecule has 0 bridgehead atoms. The fourth-order valence-corrected chi connectivity index (χ4v) is 3.87. The number of hydrogen-bond donors (Lipinski definition) is 1. The Morgan fingerprint density at radius 2 is 2.21 bits per heavy atom. The van der Waals surface area contributed by atoms with E-state index in [-0.39, 0.29) is 5.91 Å². The van der Waals surface area contributed by atoms with Gasteiger partial charge in [-0.05, 0) is 31.5 Å². The van der Waals surface area contributed by atoms with Crippen LogP contribution in [0.1, 0.15) is 18.7 Å². The maximum Gasteiger partial charge on any atom is 0.242 e. The third kappa shape index (κ3) is 2.80. The van der Waals surface area contributed by atoms with Crippen LogP contribution in [0.4, 0.5) is 0 Å². The van der Waals surface area contributed by atoms with Gasteiger partial charge in [-0.2, -0.15) is 0 Å². The molecule has 6 heteroatoms. The smallest absolute Gasteiger partial charge is 0.242 e. The summed E-state index contributed by atoms with van der Waals surface area (Å²) in [5.41, 5.74) is 1.61. The van der Waals surface area contributed by atoms with Crippen molar-refractivity contribution in [1.29, 1.82) is 0 Å². The molecule has 0 aliphatic carbocycles. The van der Waals surface area contributed by atoms with E-state index >= 15 is 0 Å². The average Bonchev–Trinajstić information content (AvgIpc) is 3.15. The lowest BCUT2D eigenvalue weighted by Gasteiger charge is -2.36. The normalized spacial score (nSPS) is 21.5. The van der Waals surface area contributed by atoms with Gasteiger partial charge in [-0.3, -0.25) is 9.69 Å². The zero-order valence-electron chi connectivity index (χ0n) is 14.7. The Balaban J connectivity index is 1.79. The number of benzene rings is 1. The summed E-state index contributed by atoms with van der Waals surface area (Å²) in [6.45, 7) is 2.14. The predicted molar refractivity (Wildman–Crippen MR) is 93.9 cm³/mol. The van der Waals surface area contributed by atoms with Crippen molar-refractivity contribution in [3.8, 4) is 0 Å². The monoisotopic (exact) mass is 330 g/mol. The van der Waals surface area contributed by atoms with Crippen LogP contribution in [0.15, 0.2) is 24.3 Å². The number of aromatic nitrogens is 2. The molecule has 1 amide bonds. The molecule has 1 aromatic carbocycles. The quantitative estimate of drug-likeness (QED) is 0.868. The van der Waals surface area contributed by atoms with Crippen molar-refractivity contribution < 1.29 is 9.53 Å². The Morgan fingerprint density at radius 3 is 2.92 bits per heavy atom. The van der Waals surface area contributed by atoms with Crippen LogP contribution < -0.4 is 5.32 Å². The number of methoxy groups -OCH3 is 1. The second-order valence-corrected chi connectivity index (χ2v) is 6.46. The lowest BCUT2D eigenvalue weighted by atomic mass is 9.95. The van der Waals surface area contributed by atoms with Crippen molar-refractivity contribution in [2.24, 2.45) is 7.05 Å². The van der Waals surface area contributed by atoms with Gasteiger partial charge in [0.1, 0.15) is 11.4 Å². The highest BCUT2D eigenvalue weighted by molar-refractivity contribution is 5.86. The van der Waals surface area contributed by atoms with Gasteiger partial charge in [0, 0.05) is 34.2 Å². The zero-order chi connectivity index (χ0) is 17.2. The second-order valence-electron chi connectivity index (χ2n) is 6.46. The molecule has 1 aliphatic rings. The number of carbonyl (C=O) groups excluding carboxylic acids is 1. The van der Waals surface area contributed by atoms with Gasteiger partial charge in [0.05, 0.1) is 17.6 Å². The van der Waals surface area contributed by atoms with Crippen LogP contribution in [0, 0.1) is 0 Å². The molecular formula is C18H26N4O2. The topological polar surface area (TPSA) is 59.4 Å². The Kier molecular flexibility index (Phi) is 4.87.